The molecule has 3 rings (SSSR count). The third-order valence-corrected chi connectivity index (χ3v) is 10.7. The van der Waals surface area contributed by atoms with Crippen LogP contribution in [0.2, 0.25) is 0 Å². The second-order valence-corrected chi connectivity index (χ2v) is 14.2. The topological polar surface area (TPSA) is 55.4 Å². The predicted octanol–water partition coefficient (Wildman–Crippen LogP) is 8.70. The van der Waals surface area contributed by atoms with Crippen molar-refractivity contribution in [2.75, 3.05) is 0 Å². The van der Waals surface area contributed by atoms with Gasteiger partial charge >= 0.3 is 0 Å². The zero-order valence-corrected chi connectivity index (χ0v) is 29.4. The Hall–Kier alpha value is -0.240. The molecule has 0 spiro atoms. The van der Waals surface area contributed by atoms with Crippen molar-refractivity contribution in [3.63, 3.8) is 0 Å². The summed E-state index contributed by atoms with van der Waals surface area (Å²) in [6, 6.07) is 0. The Bertz CT molecular complexity index is 723. The Labute approximate surface area is 254 Å². The van der Waals surface area contributed by atoms with Gasteiger partial charge in [-0.05, 0) is 76.5 Å². The van der Waals surface area contributed by atoms with Crippen LogP contribution in [0.1, 0.15) is 123 Å². The Morgan fingerprint density at radius 2 is 0.780 bits per heavy atom. The van der Waals surface area contributed by atoms with Crippen molar-refractivity contribution in [2.45, 2.75) is 179 Å². The van der Waals surface area contributed by atoms with Crippen molar-refractivity contribution in [2.24, 2.45) is 47.3 Å². The quantitative estimate of drug-likeness (QED) is 0.270. The molecule has 244 valence electrons. The summed E-state index contributed by atoms with van der Waals surface area (Å²) in [5, 5.41) is 0. The third-order valence-electron chi connectivity index (χ3n) is 10.7. The van der Waals surface area contributed by atoms with Crippen LogP contribution < -0.4 is 0 Å². The number of hydrogen-bond acceptors (Lipinski definition) is 6. The van der Waals surface area contributed by atoms with Gasteiger partial charge in [-0.15, -0.1) is 0 Å². The lowest BCUT2D eigenvalue weighted by Crippen LogP contribution is -2.55. The van der Waals surface area contributed by atoms with Crippen molar-refractivity contribution in [3.8, 4) is 0 Å². The molecule has 0 aromatic rings. The van der Waals surface area contributed by atoms with Gasteiger partial charge in [0.25, 0.3) is 0 Å². The largest absolute Gasteiger partial charge is 0.350 e. The highest BCUT2D eigenvalue weighted by Gasteiger charge is 2.46. The Morgan fingerprint density at radius 3 is 1.17 bits per heavy atom. The minimum absolute atomic E-state index is 0.0128. The van der Waals surface area contributed by atoms with Crippen molar-refractivity contribution in [3.05, 3.63) is 0 Å². The molecule has 3 saturated heterocycles. The third kappa shape index (κ3) is 9.38. The molecular formula is C35H68O6. The summed E-state index contributed by atoms with van der Waals surface area (Å²) in [7, 11) is 0. The first kappa shape index (κ1) is 36.9. The Morgan fingerprint density at radius 1 is 0.439 bits per heavy atom. The summed E-state index contributed by atoms with van der Waals surface area (Å²) in [5.41, 5.74) is 0. The molecule has 3 heterocycles. The van der Waals surface area contributed by atoms with Gasteiger partial charge in [0.05, 0.1) is 36.6 Å². The minimum atomic E-state index is -0.151. The number of hydrogen-bond donors (Lipinski definition) is 0. The highest BCUT2D eigenvalue weighted by molar-refractivity contribution is 4.89. The van der Waals surface area contributed by atoms with Crippen LogP contribution in [0.3, 0.4) is 0 Å². The molecule has 41 heavy (non-hydrogen) atoms. The lowest BCUT2D eigenvalue weighted by molar-refractivity contribution is -0.327. The molecule has 6 nitrogen and oxygen atoms in total. The van der Waals surface area contributed by atoms with Gasteiger partial charge in [0.1, 0.15) is 0 Å². The maximum absolute atomic E-state index is 6.63. The summed E-state index contributed by atoms with van der Waals surface area (Å²) >= 11 is 0. The zero-order valence-electron chi connectivity index (χ0n) is 29.4. The van der Waals surface area contributed by atoms with E-state index < -0.39 is 0 Å². The van der Waals surface area contributed by atoms with E-state index in [2.05, 4.69) is 104 Å². The summed E-state index contributed by atoms with van der Waals surface area (Å²) in [5.74, 6) is 4.00. The van der Waals surface area contributed by atoms with Gasteiger partial charge in [-0.3, -0.25) is 0 Å². The first-order chi connectivity index (χ1) is 19.2. The molecule has 15 atom stereocenters. The smallest absolute Gasteiger partial charge is 0.161 e. The van der Waals surface area contributed by atoms with E-state index in [1.807, 2.05) is 0 Å². The molecule has 0 aliphatic carbocycles. The number of rotatable bonds is 9. The maximum Gasteiger partial charge on any atom is 0.161 e. The summed E-state index contributed by atoms with van der Waals surface area (Å²) in [4.78, 5) is 0. The molecule has 3 aliphatic rings. The molecule has 0 aromatic carbocycles. The minimum Gasteiger partial charge on any atom is -0.350 e. The summed E-state index contributed by atoms with van der Waals surface area (Å²) in [6.45, 7) is 33.1. The van der Waals surface area contributed by atoms with E-state index in [4.69, 9.17) is 28.4 Å². The summed E-state index contributed by atoms with van der Waals surface area (Å²) < 4.78 is 37.2. The van der Waals surface area contributed by atoms with E-state index >= 15 is 0 Å². The van der Waals surface area contributed by atoms with E-state index in [9.17, 15) is 0 Å². The van der Waals surface area contributed by atoms with E-state index in [1.165, 1.54) is 0 Å². The molecule has 0 saturated carbocycles. The van der Waals surface area contributed by atoms with E-state index in [1.54, 1.807) is 0 Å². The molecular weight excluding hydrogens is 516 g/mol. The van der Waals surface area contributed by atoms with Crippen LogP contribution in [0.4, 0.5) is 0 Å². The van der Waals surface area contributed by atoms with Crippen LogP contribution in [-0.4, -0.2) is 55.5 Å². The van der Waals surface area contributed by atoms with Crippen molar-refractivity contribution in [1.82, 2.24) is 0 Å². The fourth-order valence-corrected chi connectivity index (χ4v) is 6.87. The lowest BCUT2D eigenvalue weighted by atomic mass is 9.78. The van der Waals surface area contributed by atoms with E-state index in [-0.39, 0.29) is 49.4 Å². The molecule has 6 unspecified atom stereocenters. The molecule has 3 fully saturated rings. The maximum atomic E-state index is 6.63. The van der Waals surface area contributed by atoms with Crippen molar-refractivity contribution >= 4 is 0 Å². The SMILES string of the molecule is CC[C@H]1OC(OC(C)C)[C@H](C)[C@@H](C)C1C.CC[C@H]1OC(O[C@H]2[C@H](C)C(C)C(OC(C)C)O[C@@H]2CC)[C@H](C)[C@@H](C)C1C. The highest BCUT2D eigenvalue weighted by atomic mass is 16.7. The molecule has 0 N–H and O–H groups in total. The molecule has 6 heteroatoms. The average molecular weight is 585 g/mol. The fourth-order valence-electron chi connectivity index (χ4n) is 6.87. The Kier molecular flexibility index (Phi) is 15.1. The van der Waals surface area contributed by atoms with Gasteiger partial charge in [0.15, 0.2) is 18.9 Å². The number of ether oxygens (including phenoxy) is 6. The van der Waals surface area contributed by atoms with Crippen LogP contribution >= 0.6 is 0 Å². The molecule has 0 bridgehead atoms. The average Bonchev–Trinajstić information content (AvgIpc) is 2.92. The molecule has 0 radical (unpaired) electrons. The zero-order chi connectivity index (χ0) is 31.2. The molecule has 0 amide bonds. The van der Waals surface area contributed by atoms with Crippen LogP contribution in [-0.2, 0) is 28.4 Å². The van der Waals surface area contributed by atoms with Gasteiger partial charge in [0.2, 0.25) is 0 Å². The van der Waals surface area contributed by atoms with Crippen LogP contribution in [0.25, 0.3) is 0 Å². The van der Waals surface area contributed by atoms with Gasteiger partial charge in [-0.1, -0.05) is 76.2 Å². The van der Waals surface area contributed by atoms with Gasteiger partial charge in [0, 0.05) is 17.8 Å². The van der Waals surface area contributed by atoms with E-state index in [0.717, 1.165) is 19.3 Å². The normalized spacial score (nSPS) is 45.4. The van der Waals surface area contributed by atoms with Crippen molar-refractivity contribution < 1.29 is 28.4 Å². The fraction of sp³-hybridized carbons (Fsp3) is 1.00. The van der Waals surface area contributed by atoms with E-state index in [0.29, 0.717) is 53.4 Å². The first-order valence-corrected chi connectivity index (χ1v) is 17.1. The molecule has 0 aromatic heterocycles. The van der Waals surface area contributed by atoms with Gasteiger partial charge < -0.3 is 28.4 Å². The monoisotopic (exact) mass is 585 g/mol. The highest BCUT2D eigenvalue weighted by Crippen LogP contribution is 2.41. The van der Waals surface area contributed by atoms with Gasteiger partial charge in [-0.25, -0.2) is 0 Å². The Balaban J connectivity index is 0.000000333. The second kappa shape index (κ2) is 16.7. The first-order valence-electron chi connectivity index (χ1n) is 17.1. The lowest BCUT2D eigenvalue weighted by Gasteiger charge is -2.49. The summed E-state index contributed by atoms with van der Waals surface area (Å²) in [6.07, 6.45) is 3.87. The van der Waals surface area contributed by atoms with Crippen LogP contribution in [0.5, 0.6) is 0 Å². The van der Waals surface area contributed by atoms with Crippen molar-refractivity contribution in [1.29, 1.82) is 0 Å². The van der Waals surface area contributed by atoms with Gasteiger partial charge in [-0.2, -0.15) is 0 Å². The molecule has 3 aliphatic heterocycles. The predicted molar refractivity (Wildman–Crippen MR) is 167 cm³/mol. The second-order valence-electron chi connectivity index (χ2n) is 14.2. The standard InChI is InChI=1S/C22H42O4.C13H26O2/c1-10-18-14(6)13(5)16(8)22(24-18)26-20-15(7)17(9)21(23-12(3)4)25-19(20)11-2;1-7-12-10(5)9(4)11(6)13(15-12)14-8(2)3/h12-22H,10-11H2,1-9H3;8-13H,7H2,1-6H3/t13-,14?,15+,16+,17?,18+,19+,20-,21?,22?;9-,10?,11+,12+,13?/m00/s1. The van der Waals surface area contributed by atoms with Crippen LogP contribution in [0.15, 0.2) is 0 Å². The van der Waals surface area contributed by atoms with Crippen LogP contribution in [0, 0.1) is 47.3 Å².